The van der Waals surface area contributed by atoms with Gasteiger partial charge in [-0.05, 0) is 24.6 Å². The van der Waals surface area contributed by atoms with Gasteiger partial charge in [0.15, 0.2) is 0 Å². The van der Waals surface area contributed by atoms with Crippen LogP contribution in [0, 0.1) is 6.92 Å². The topological polar surface area (TPSA) is 40.5 Å². The molecule has 0 aliphatic heterocycles. The minimum atomic E-state index is -4.50. The lowest BCUT2D eigenvalue weighted by Gasteiger charge is -2.24. The van der Waals surface area contributed by atoms with Crippen molar-refractivity contribution in [1.29, 1.82) is 0 Å². The van der Waals surface area contributed by atoms with Gasteiger partial charge in [-0.1, -0.05) is 22.0 Å². The minimum absolute atomic E-state index is 0.187. The second-order valence-corrected chi connectivity index (χ2v) is 4.94. The van der Waals surface area contributed by atoms with Crippen molar-refractivity contribution >= 4 is 21.8 Å². The molecule has 0 spiro atoms. The Bertz CT molecular complexity index is 463. The summed E-state index contributed by atoms with van der Waals surface area (Å²) >= 11 is 3.17. The third kappa shape index (κ3) is 4.83. The number of amides is 1. The van der Waals surface area contributed by atoms with E-state index in [2.05, 4.69) is 15.9 Å². The SMILES string of the molecule is Cc1ccc(Br)cc1C(=O)N(CCO)CC(F)(F)F. The van der Waals surface area contributed by atoms with E-state index in [1.54, 1.807) is 19.1 Å². The number of nitrogens with zero attached hydrogens (tertiary/aromatic N) is 1. The molecule has 19 heavy (non-hydrogen) atoms. The second kappa shape index (κ2) is 6.38. The first-order valence-corrected chi connectivity index (χ1v) is 6.27. The van der Waals surface area contributed by atoms with E-state index >= 15 is 0 Å². The van der Waals surface area contributed by atoms with Gasteiger partial charge in [-0.2, -0.15) is 13.2 Å². The number of hydrogen-bond acceptors (Lipinski definition) is 2. The molecule has 0 atom stereocenters. The van der Waals surface area contributed by atoms with E-state index in [4.69, 9.17) is 5.11 Å². The minimum Gasteiger partial charge on any atom is -0.395 e. The molecule has 0 heterocycles. The van der Waals surface area contributed by atoms with Crippen LogP contribution in [-0.4, -0.2) is 41.8 Å². The second-order valence-electron chi connectivity index (χ2n) is 4.02. The van der Waals surface area contributed by atoms with Crippen LogP contribution in [0.1, 0.15) is 15.9 Å². The zero-order valence-corrected chi connectivity index (χ0v) is 11.8. The lowest BCUT2D eigenvalue weighted by Crippen LogP contribution is -2.40. The Morgan fingerprint density at radius 1 is 1.42 bits per heavy atom. The van der Waals surface area contributed by atoms with Crippen LogP contribution in [0.5, 0.6) is 0 Å². The molecule has 0 fully saturated rings. The highest BCUT2D eigenvalue weighted by Gasteiger charge is 2.33. The van der Waals surface area contributed by atoms with E-state index in [1.807, 2.05) is 0 Å². The molecule has 0 bridgehead atoms. The standard InChI is InChI=1S/C12H13BrF3NO2/c1-8-2-3-9(13)6-10(8)11(19)17(4-5-18)7-12(14,15)16/h2-3,6,18H,4-5,7H2,1H3. The largest absolute Gasteiger partial charge is 0.406 e. The van der Waals surface area contributed by atoms with E-state index in [0.29, 0.717) is 14.9 Å². The maximum absolute atomic E-state index is 12.4. The van der Waals surface area contributed by atoms with Gasteiger partial charge in [-0.15, -0.1) is 0 Å². The summed E-state index contributed by atoms with van der Waals surface area (Å²) in [5.41, 5.74) is 0.769. The number of aryl methyl sites for hydroxylation is 1. The summed E-state index contributed by atoms with van der Waals surface area (Å²) in [5.74, 6) is -0.745. The highest BCUT2D eigenvalue weighted by Crippen LogP contribution is 2.21. The molecule has 0 unspecified atom stereocenters. The van der Waals surface area contributed by atoms with E-state index in [9.17, 15) is 18.0 Å². The quantitative estimate of drug-likeness (QED) is 0.916. The van der Waals surface area contributed by atoms with E-state index < -0.39 is 25.2 Å². The summed E-state index contributed by atoms with van der Waals surface area (Å²) in [7, 11) is 0. The molecule has 1 amide bonds. The van der Waals surface area contributed by atoms with Gasteiger partial charge in [0.25, 0.3) is 5.91 Å². The fraction of sp³-hybridized carbons (Fsp3) is 0.417. The Morgan fingerprint density at radius 2 is 2.05 bits per heavy atom. The number of aliphatic hydroxyl groups is 1. The Balaban J connectivity index is 3.02. The Kier molecular flexibility index (Phi) is 5.37. The van der Waals surface area contributed by atoms with Gasteiger partial charge in [-0.25, -0.2) is 0 Å². The summed E-state index contributed by atoms with van der Waals surface area (Å²) in [6, 6.07) is 4.81. The maximum Gasteiger partial charge on any atom is 0.406 e. The maximum atomic E-state index is 12.4. The number of rotatable bonds is 4. The number of benzene rings is 1. The molecule has 3 nitrogen and oxygen atoms in total. The predicted octanol–water partition coefficient (Wildman–Crippen LogP) is 2.75. The number of halogens is 4. The molecule has 0 aliphatic rings. The zero-order chi connectivity index (χ0) is 14.6. The zero-order valence-electron chi connectivity index (χ0n) is 10.2. The van der Waals surface area contributed by atoms with Crippen LogP contribution >= 0.6 is 15.9 Å². The molecule has 1 aromatic carbocycles. The number of hydrogen-bond donors (Lipinski definition) is 1. The number of aliphatic hydroxyl groups excluding tert-OH is 1. The molecule has 0 saturated carbocycles. The molecule has 0 saturated heterocycles. The summed E-state index contributed by atoms with van der Waals surface area (Å²) in [5, 5.41) is 8.78. The van der Waals surface area contributed by atoms with Crippen LogP contribution in [0.3, 0.4) is 0 Å². The fourth-order valence-corrected chi connectivity index (χ4v) is 1.95. The van der Waals surface area contributed by atoms with Crippen molar-refractivity contribution in [3.05, 3.63) is 33.8 Å². The van der Waals surface area contributed by atoms with Gasteiger partial charge in [0.2, 0.25) is 0 Å². The van der Waals surface area contributed by atoms with Crippen LogP contribution in [-0.2, 0) is 0 Å². The van der Waals surface area contributed by atoms with Crippen molar-refractivity contribution in [2.24, 2.45) is 0 Å². The van der Waals surface area contributed by atoms with Crippen molar-refractivity contribution < 1.29 is 23.1 Å². The average molecular weight is 340 g/mol. The highest BCUT2D eigenvalue weighted by molar-refractivity contribution is 9.10. The molecular formula is C12H13BrF3NO2. The Morgan fingerprint density at radius 3 is 2.58 bits per heavy atom. The first-order chi connectivity index (χ1) is 8.74. The smallest absolute Gasteiger partial charge is 0.395 e. The normalized spacial score (nSPS) is 11.5. The summed E-state index contributed by atoms with van der Waals surface area (Å²) in [6.07, 6.45) is -4.50. The van der Waals surface area contributed by atoms with Crippen molar-refractivity contribution in [3.8, 4) is 0 Å². The van der Waals surface area contributed by atoms with Crippen molar-refractivity contribution in [1.82, 2.24) is 4.90 Å². The van der Waals surface area contributed by atoms with Gasteiger partial charge in [0, 0.05) is 16.6 Å². The molecule has 7 heteroatoms. The predicted molar refractivity (Wildman–Crippen MR) is 67.9 cm³/mol. The fourth-order valence-electron chi connectivity index (χ4n) is 1.58. The van der Waals surface area contributed by atoms with Crippen molar-refractivity contribution in [2.75, 3.05) is 19.7 Å². The Labute approximate surface area is 117 Å². The number of carbonyl (C=O) groups excluding carboxylic acids is 1. The van der Waals surface area contributed by atoms with Gasteiger partial charge in [-0.3, -0.25) is 4.79 Å². The summed E-state index contributed by atoms with van der Waals surface area (Å²) < 4.78 is 37.8. The van der Waals surface area contributed by atoms with Gasteiger partial charge < -0.3 is 10.0 Å². The molecule has 0 radical (unpaired) electrons. The molecule has 0 aliphatic carbocycles. The third-order valence-corrected chi connectivity index (χ3v) is 2.95. The van der Waals surface area contributed by atoms with Gasteiger partial charge in [0.1, 0.15) is 6.54 Å². The van der Waals surface area contributed by atoms with Gasteiger partial charge in [0.05, 0.1) is 6.61 Å². The molecule has 0 aromatic heterocycles. The molecule has 1 aromatic rings. The van der Waals surface area contributed by atoms with Crippen molar-refractivity contribution in [2.45, 2.75) is 13.1 Å². The van der Waals surface area contributed by atoms with Crippen LogP contribution in [0.2, 0.25) is 0 Å². The van der Waals surface area contributed by atoms with Crippen LogP contribution < -0.4 is 0 Å². The molecule has 106 valence electrons. The summed E-state index contributed by atoms with van der Waals surface area (Å²) in [6.45, 7) is -0.609. The summed E-state index contributed by atoms with van der Waals surface area (Å²) in [4.78, 5) is 12.7. The van der Waals surface area contributed by atoms with E-state index in [0.717, 1.165) is 0 Å². The molecule has 1 N–H and O–H groups in total. The highest BCUT2D eigenvalue weighted by atomic mass is 79.9. The molecular weight excluding hydrogens is 327 g/mol. The molecule has 1 rings (SSSR count). The van der Waals surface area contributed by atoms with E-state index in [-0.39, 0.29) is 12.1 Å². The lowest BCUT2D eigenvalue weighted by molar-refractivity contribution is -0.141. The number of alkyl halides is 3. The lowest BCUT2D eigenvalue weighted by atomic mass is 10.1. The van der Waals surface area contributed by atoms with Crippen LogP contribution in [0.15, 0.2) is 22.7 Å². The first-order valence-electron chi connectivity index (χ1n) is 5.47. The average Bonchev–Trinajstić information content (AvgIpc) is 2.29. The number of carbonyl (C=O) groups is 1. The van der Waals surface area contributed by atoms with Crippen LogP contribution in [0.25, 0.3) is 0 Å². The third-order valence-electron chi connectivity index (χ3n) is 2.46. The van der Waals surface area contributed by atoms with Crippen LogP contribution in [0.4, 0.5) is 13.2 Å². The monoisotopic (exact) mass is 339 g/mol. The van der Waals surface area contributed by atoms with E-state index in [1.165, 1.54) is 6.07 Å². The van der Waals surface area contributed by atoms with Gasteiger partial charge >= 0.3 is 6.18 Å². The first kappa shape index (κ1) is 16.0. The Hall–Kier alpha value is -1.08. The van der Waals surface area contributed by atoms with Crippen molar-refractivity contribution in [3.63, 3.8) is 0 Å².